The maximum Gasteiger partial charge on any atom is 0.298 e. The topological polar surface area (TPSA) is 64.1 Å². The van der Waals surface area contributed by atoms with Crippen molar-refractivity contribution in [1.29, 1.82) is 0 Å². The number of hydrogen-bond donors (Lipinski definition) is 0. The van der Waals surface area contributed by atoms with E-state index in [0.29, 0.717) is 30.6 Å². The normalized spacial score (nSPS) is 13.4. The fraction of sp³-hybridized carbons (Fsp3) is 0.444. The second kappa shape index (κ2) is 9.77. The Hall–Kier alpha value is -2.03. The predicted molar refractivity (Wildman–Crippen MR) is 109 cm³/mol. The lowest BCUT2D eigenvalue weighted by atomic mass is 10.3. The van der Waals surface area contributed by atoms with Crippen LogP contribution >= 0.6 is 23.7 Å². The Morgan fingerprint density at radius 1 is 1.30 bits per heavy atom. The van der Waals surface area contributed by atoms with Crippen molar-refractivity contribution in [3.8, 4) is 5.75 Å². The number of carbonyl (C=O) groups excluding carboxylic acids is 1. The van der Waals surface area contributed by atoms with E-state index in [2.05, 4.69) is 9.88 Å². The third-order valence-electron chi connectivity index (χ3n) is 3.91. The number of methoxy groups -OCH3 is 1. The zero-order chi connectivity index (χ0) is 18.5. The summed E-state index contributed by atoms with van der Waals surface area (Å²) in [7, 11) is 5.64. The molecule has 1 amide bonds. The molecule has 0 atom stereocenters. The number of thiazole rings is 1. The van der Waals surface area contributed by atoms with Crippen molar-refractivity contribution in [2.24, 2.45) is 0 Å². The first-order valence-electron chi connectivity index (χ1n) is 8.45. The highest BCUT2D eigenvalue weighted by atomic mass is 35.5. The van der Waals surface area contributed by atoms with E-state index in [9.17, 15) is 4.79 Å². The number of aromatic nitrogens is 1. The quantitative estimate of drug-likeness (QED) is 0.695. The van der Waals surface area contributed by atoms with E-state index in [1.807, 2.05) is 32.3 Å². The van der Waals surface area contributed by atoms with E-state index in [0.717, 1.165) is 23.2 Å². The van der Waals surface area contributed by atoms with Crippen LogP contribution in [0.5, 0.6) is 5.75 Å². The molecule has 2 heterocycles. The Labute approximate surface area is 168 Å². The molecule has 0 aliphatic carbocycles. The van der Waals surface area contributed by atoms with Crippen LogP contribution in [0.2, 0.25) is 0 Å². The number of para-hydroxylation sites is 1. The largest absolute Gasteiger partial charge is 0.494 e. The van der Waals surface area contributed by atoms with Crippen molar-refractivity contribution in [3.63, 3.8) is 0 Å². The van der Waals surface area contributed by atoms with Crippen LogP contribution in [0.15, 0.2) is 30.2 Å². The smallest absolute Gasteiger partial charge is 0.298 e. The van der Waals surface area contributed by atoms with Gasteiger partial charge in [0.05, 0.1) is 11.8 Å². The van der Waals surface area contributed by atoms with E-state index in [-0.39, 0.29) is 24.1 Å². The molecule has 0 radical (unpaired) electrons. The average molecular weight is 414 g/mol. The highest BCUT2D eigenvalue weighted by Crippen LogP contribution is 2.34. The summed E-state index contributed by atoms with van der Waals surface area (Å²) in [6.07, 6.45) is 2.21. The second-order valence-electron chi connectivity index (χ2n) is 6.12. The maximum atomic E-state index is 13.0. The van der Waals surface area contributed by atoms with Crippen molar-refractivity contribution in [2.75, 3.05) is 52.4 Å². The Morgan fingerprint density at radius 3 is 2.78 bits per heavy atom. The van der Waals surface area contributed by atoms with Gasteiger partial charge < -0.3 is 19.1 Å². The lowest BCUT2D eigenvalue weighted by Crippen LogP contribution is -2.36. The van der Waals surface area contributed by atoms with Gasteiger partial charge in [-0.15, -0.1) is 12.4 Å². The molecule has 1 aromatic heterocycles. The lowest BCUT2D eigenvalue weighted by molar-refractivity contribution is -0.119. The molecular weight excluding hydrogens is 390 g/mol. The van der Waals surface area contributed by atoms with Gasteiger partial charge in [0.2, 0.25) is 5.76 Å². The summed E-state index contributed by atoms with van der Waals surface area (Å²) in [5.74, 6) is 0.677. The van der Waals surface area contributed by atoms with Crippen LogP contribution in [0, 0.1) is 0 Å². The summed E-state index contributed by atoms with van der Waals surface area (Å²) in [5, 5.41) is 0.628. The molecule has 0 saturated carbocycles. The van der Waals surface area contributed by atoms with E-state index < -0.39 is 0 Å². The number of benzene rings is 1. The first-order chi connectivity index (χ1) is 12.6. The molecule has 0 bridgehead atoms. The summed E-state index contributed by atoms with van der Waals surface area (Å²) < 4.78 is 17.1. The number of halogens is 1. The Kier molecular flexibility index (Phi) is 7.70. The summed E-state index contributed by atoms with van der Waals surface area (Å²) in [6.45, 7) is 2.24. The lowest BCUT2D eigenvalue weighted by Gasteiger charge is -2.23. The van der Waals surface area contributed by atoms with Crippen molar-refractivity contribution in [2.45, 2.75) is 6.42 Å². The SMILES string of the molecule is COc1cccc2sc(N(CCCN(C)C)C(=O)C3=COCCO3)nc12.Cl. The van der Waals surface area contributed by atoms with Gasteiger partial charge in [-0.05, 0) is 39.2 Å². The molecular formula is C18H24ClN3O4S. The molecule has 0 fully saturated rings. The molecule has 1 aliphatic rings. The van der Waals surface area contributed by atoms with E-state index >= 15 is 0 Å². The van der Waals surface area contributed by atoms with Crippen LogP contribution in [0.3, 0.4) is 0 Å². The van der Waals surface area contributed by atoms with Crippen LogP contribution in [0.4, 0.5) is 5.13 Å². The average Bonchev–Trinajstić information content (AvgIpc) is 3.09. The Morgan fingerprint density at radius 2 is 2.11 bits per heavy atom. The fourth-order valence-electron chi connectivity index (χ4n) is 2.63. The number of fused-ring (bicyclic) bond motifs is 1. The number of anilines is 1. The van der Waals surface area contributed by atoms with Crippen molar-refractivity contribution in [1.82, 2.24) is 9.88 Å². The van der Waals surface area contributed by atoms with Gasteiger partial charge in [-0.2, -0.15) is 0 Å². The molecule has 7 nitrogen and oxygen atoms in total. The first kappa shape index (κ1) is 21.3. The first-order valence-corrected chi connectivity index (χ1v) is 9.26. The Bertz CT molecular complexity index is 809. The molecule has 0 N–H and O–H groups in total. The van der Waals surface area contributed by atoms with Gasteiger partial charge in [-0.25, -0.2) is 4.98 Å². The summed E-state index contributed by atoms with van der Waals surface area (Å²) in [6, 6.07) is 5.76. The third-order valence-corrected chi connectivity index (χ3v) is 4.96. The summed E-state index contributed by atoms with van der Waals surface area (Å²) >= 11 is 1.46. The van der Waals surface area contributed by atoms with Crippen molar-refractivity contribution in [3.05, 3.63) is 30.2 Å². The fourth-order valence-corrected chi connectivity index (χ4v) is 3.64. The molecule has 0 unspecified atom stereocenters. The van der Waals surface area contributed by atoms with Gasteiger partial charge in [0, 0.05) is 6.54 Å². The molecule has 0 saturated heterocycles. The minimum atomic E-state index is -0.235. The number of amides is 1. The van der Waals surface area contributed by atoms with E-state index in [4.69, 9.17) is 14.2 Å². The standard InChI is InChI=1S/C18H23N3O4S.ClH/c1-20(2)8-5-9-21(17(22)14-12-24-10-11-25-14)18-19-16-13(23-3)6-4-7-15(16)26-18;/h4,6-7,12H,5,8-11H2,1-3H3;1H. The molecule has 27 heavy (non-hydrogen) atoms. The molecule has 148 valence electrons. The summed E-state index contributed by atoms with van der Waals surface area (Å²) in [4.78, 5) is 21.4. The molecule has 3 rings (SSSR count). The summed E-state index contributed by atoms with van der Waals surface area (Å²) in [5.41, 5.74) is 0.759. The zero-order valence-corrected chi connectivity index (χ0v) is 17.3. The van der Waals surface area contributed by atoms with Crippen LogP contribution in [-0.2, 0) is 14.3 Å². The minimum Gasteiger partial charge on any atom is -0.494 e. The van der Waals surface area contributed by atoms with Gasteiger partial charge in [-0.1, -0.05) is 17.4 Å². The molecule has 1 aromatic carbocycles. The highest BCUT2D eigenvalue weighted by molar-refractivity contribution is 7.22. The molecule has 1 aliphatic heterocycles. The zero-order valence-electron chi connectivity index (χ0n) is 15.6. The molecule has 0 spiro atoms. The minimum absolute atomic E-state index is 0. The number of ether oxygens (including phenoxy) is 3. The molecule has 9 heteroatoms. The molecule has 2 aromatic rings. The van der Waals surface area contributed by atoms with Gasteiger partial charge >= 0.3 is 0 Å². The highest BCUT2D eigenvalue weighted by Gasteiger charge is 2.26. The number of rotatable bonds is 7. The van der Waals surface area contributed by atoms with Gasteiger partial charge in [0.15, 0.2) is 5.13 Å². The second-order valence-corrected chi connectivity index (χ2v) is 7.13. The number of hydrogen-bond acceptors (Lipinski definition) is 7. The van der Waals surface area contributed by atoms with Crippen LogP contribution in [0.1, 0.15) is 6.42 Å². The maximum absolute atomic E-state index is 13.0. The Balaban J connectivity index is 0.00000261. The van der Waals surface area contributed by atoms with Gasteiger partial charge in [-0.3, -0.25) is 9.69 Å². The van der Waals surface area contributed by atoms with Crippen molar-refractivity contribution >= 4 is 45.0 Å². The van der Waals surface area contributed by atoms with E-state index in [1.54, 1.807) is 12.0 Å². The number of carbonyl (C=O) groups is 1. The van der Waals surface area contributed by atoms with Crippen LogP contribution in [-0.4, -0.2) is 63.3 Å². The van der Waals surface area contributed by atoms with Crippen LogP contribution < -0.4 is 9.64 Å². The van der Waals surface area contributed by atoms with E-state index in [1.165, 1.54) is 17.6 Å². The van der Waals surface area contributed by atoms with Gasteiger partial charge in [0.25, 0.3) is 5.91 Å². The van der Waals surface area contributed by atoms with Crippen LogP contribution in [0.25, 0.3) is 10.2 Å². The van der Waals surface area contributed by atoms with Gasteiger partial charge in [0.1, 0.15) is 30.7 Å². The predicted octanol–water partition coefficient (Wildman–Crippen LogP) is 2.90. The number of nitrogens with zero attached hydrogens (tertiary/aromatic N) is 3. The monoisotopic (exact) mass is 413 g/mol. The van der Waals surface area contributed by atoms with Crippen molar-refractivity contribution < 1.29 is 19.0 Å². The third kappa shape index (κ3) is 5.03.